The smallest absolute Gasteiger partial charge is 0.406 e. The van der Waals surface area contributed by atoms with Gasteiger partial charge in [0.15, 0.2) is 0 Å². The minimum Gasteiger partial charge on any atom is -0.406 e. The molecule has 0 amide bonds. The van der Waals surface area contributed by atoms with Crippen LogP contribution in [0, 0.1) is 0 Å². The molecule has 0 radical (unpaired) electrons. The van der Waals surface area contributed by atoms with Gasteiger partial charge in [-0.25, -0.2) is 0 Å². The lowest BCUT2D eigenvalue weighted by Gasteiger charge is -2.24. The Kier molecular flexibility index (Phi) is 6.05. The zero-order chi connectivity index (χ0) is 19.4. The summed E-state index contributed by atoms with van der Waals surface area (Å²) in [6, 6.07) is 11.5. The first-order valence-corrected chi connectivity index (χ1v) is 7.81. The van der Waals surface area contributed by atoms with Gasteiger partial charge in [0.1, 0.15) is 5.75 Å². The minimum atomic E-state index is -4.76. The van der Waals surface area contributed by atoms with Crippen LogP contribution in [0.3, 0.4) is 0 Å². The monoisotopic (exact) mass is 377 g/mol. The number of rotatable bonds is 6. The van der Waals surface area contributed by atoms with Gasteiger partial charge in [-0.05, 0) is 42.3 Å². The molecule has 26 heavy (non-hydrogen) atoms. The van der Waals surface area contributed by atoms with Crippen molar-refractivity contribution in [2.45, 2.75) is 32.4 Å². The molecule has 0 aliphatic rings. The number of halogens is 6. The van der Waals surface area contributed by atoms with E-state index in [0.717, 1.165) is 0 Å². The molecule has 8 heteroatoms. The molecule has 2 nitrogen and oxygen atoms in total. The van der Waals surface area contributed by atoms with E-state index in [2.05, 4.69) is 4.74 Å². The number of hydrogen-bond acceptors (Lipinski definition) is 2. The second-order valence-corrected chi connectivity index (χ2v) is 5.67. The van der Waals surface area contributed by atoms with Crippen LogP contribution in [-0.4, -0.2) is 19.1 Å². The maximum absolute atomic E-state index is 12.5. The molecule has 0 aromatic heterocycles. The third-order valence-corrected chi connectivity index (χ3v) is 3.59. The van der Waals surface area contributed by atoms with Crippen LogP contribution in [-0.2, 0) is 13.0 Å². The molecule has 2 aromatic carbocycles. The lowest BCUT2D eigenvalue weighted by molar-refractivity contribution is -0.274. The Balaban J connectivity index is 2.11. The second-order valence-electron chi connectivity index (χ2n) is 5.67. The summed E-state index contributed by atoms with van der Waals surface area (Å²) in [6.07, 6.45) is -10.0. The summed E-state index contributed by atoms with van der Waals surface area (Å²) in [6.45, 7) is 2.71. The molecule has 0 atom stereocenters. The van der Waals surface area contributed by atoms with Gasteiger partial charge in [0.25, 0.3) is 0 Å². The van der Waals surface area contributed by atoms with Crippen molar-refractivity contribution in [2.75, 3.05) is 11.4 Å². The van der Waals surface area contributed by atoms with Crippen LogP contribution in [0.15, 0.2) is 48.5 Å². The van der Waals surface area contributed by atoms with E-state index in [0.29, 0.717) is 24.3 Å². The predicted octanol–water partition coefficient (Wildman–Crippen LogP) is 5.72. The number of hydrogen-bond donors (Lipinski definition) is 0. The van der Waals surface area contributed by atoms with E-state index in [1.165, 1.54) is 36.4 Å². The van der Waals surface area contributed by atoms with Crippen molar-refractivity contribution in [1.82, 2.24) is 0 Å². The number of alkyl halides is 6. The average molecular weight is 377 g/mol. The molecule has 0 N–H and O–H groups in total. The molecule has 0 unspecified atom stereocenters. The van der Waals surface area contributed by atoms with Gasteiger partial charge in [-0.1, -0.05) is 24.3 Å². The molecule has 0 spiro atoms. The summed E-state index contributed by atoms with van der Waals surface area (Å²) >= 11 is 0. The molecule has 0 fully saturated rings. The Bertz CT molecular complexity index is 709. The van der Waals surface area contributed by atoms with Gasteiger partial charge in [0.2, 0.25) is 0 Å². The highest BCUT2D eigenvalue weighted by atomic mass is 19.4. The van der Waals surface area contributed by atoms with Crippen LogP contribution in [0.1, 0.15) is 18.1 Å². The van der Waals surface area contributed by atoms with Gasteiger partial charge in [-0.3, -0.25) is 0 Å². The maximum atomic E-state index is 12.5. The molecule has 0 saturated carbocycles. The molecule has 0 aliphatic carbocycles. The topological polar surface area (TPSA) is 12.5 Å². The van der Waals surface area contributed by atoms with Crippen molar-refractivity contribution in [3.05, 3.63) is 59.7 Å². The summed E-state index contributed by atoms with van der Waals surface area (Å²) in [4.78, 5) is 1.84. The quantitative estimate of drug-likeness (QED) is 0.598. The van der Waals surface area contributed by atoms with Gasteiger partial charge in [-0.15, -0.1) is 13.2 Å². The molecule has 0 heterocycles. The first kappa shape index (κ1) is 19.9. The van der Waals surface area contributed by atoms with Crippen LogP contribution in [0.2, 0.25) is 0 Å². The normalized spacial score (nSPS) is 12.1. The van der Waals surface area contributed by atoms with Crippen molar-refractivity contribution < 1.29 is 31.1 Å². The average Bonchev–Trinajstić information content (AvgIpc) is 2.51. The Labute approximate surface area is 147 Å². The Morgan fingerprint density at radius 2 is 1.50 bits per heavy atom. The summed E-state index contributed by atoms with van der Waals surface area (Å²) in [5.41, 5.74) is 1.49. The van der Waals surface area contributed by atoms with Crippen LogP contribution in [0.25, 0.3) is 0 Å². The Morgan fingerprint density at radius 3 is 2.04 bits per heavy atom. The highest BCUT2D eigenvalue weighted by Gasteiger charge is 2.31. The van der Waals surface area contributed by atoms with Crippen LogP contribution < -0.4 is 9.64 Å². The van der Waals surface area contributed by atoms with E-state index in [1.54, 1.807) is 12.1 Å². The standard InChI is InChI=1S/C18H17F6NO/c1-2-25(15-6-8-16(9-7-15)26-18(22,23)24)12-14-5-3-4-13(10-14)11-17(19,20)21/h3-10H,2,11-12H2,1H3. The van der Waals surface area contributed by atoms with Crippen molar-refractivity contribution in [2.24, 2.45) is 0 Å². The van der Waals surface area contributed by atoms with Crippen molar-refractivity contribution >= 4 is 5.69 Å². The van der Waals surface area contributed by atoms with Crippen LogP contribution in [0.5, 0.6) is 5.75 Å². The highest BCUT2D eigenvalue weighted by Crippen LogP contribution is 2.27. The van der Waals surface area contributed by atoms with E-state index >= 15 is 0 Å². The van der Waals surface area contributed by atoms with Gasteiger partial charge >= 0.3 is 12.5 Å². The van der Waals surface area contributed by atoms with E-state index in [9.17, 15) is 26.3 Å². The first-order chi connectivity index (χ1) is 12.1. The zero-order valence-electron chi connectivity index (χ0n) is 13.9. The lowest BCUT2D eigenvalue weighted by atomic mass is 10.1. The molecule has 0 bridgehead atoms. The summed E-state index contributed by atoms with van der Waals surface area (Å²) in [5, 5.41) is 0. The van der Waals surface area contributed by atoms with E-state index < -0.39 is 19.0 Å². The van der Waals surface area contributed by atoms with Crippen molar-refractivity contribution in [1.29, 1.82) is 0 Å². The summed E-state index contributed by atoms with van der Waals surface area (Å²) in [5.74, 6) is -0.329. The molecule has 2 rings (SSSR count). The fourth-order valence-electron chi connectivity index (χ4n) is 2.53. The van der Waals surface area contributed by atoms with E-state index in [1.807, 2.05) is 11.8 Å². The number of benzene rings is 2. The second kappa shape index (κ2) is 7.88. The molecule has 2 aromatic rings. The Morgan fingerprint density at radius 1 is 0.885 bits per heavy atom. The van der Waals surface area contributed by atoms with E-state index in [4.69, 9.17) is 0 Å². The van der Waals surface area contributed by atoms with Gasteiger partial charge < -0.3 is 9.64 Å². The van der Waals surface area contributed by atoms with E-state index in [-0.39, 0.29) is 11.3 Å². The van der Waals surface area contributed by atoms with Crippen molar-refractivity contribution in [3.63, 3.8) is 0 Å². The third kappa shape index (κ3) is 6.50. The SMILES string of the molecule is CCN(Cc1cccc(CC(F)(F)F)c1)c1ccc(OC(F)(F)F)cc1. The zero-order valence-corrected chi connectivity index (χ0v) is 13.9. The molecular weight excluding hydrogens is 360 g/mol. The highest BCUT2D eigenvalue weighted by molar-refractivity contribution is 5.49. The lowest BCUT2D eigenvalue weighted by Crippen LogP contribution is -2.22. The molecule has 0 aliphatic heterocycles. The predicted molar refractivity (Wildman–Crippen MR) is 86.1 cm³/mol. The third-order valence-electron chi connectivity index (χ3n) is 3.59. The maximum Gasteiger partial charge on any atom is 0.573 e. The number of anilines is 1. The minimum absolute atomic E-state index is 0.167. The van der Waals surface area contributed by atoms with Gasteiger partial charge in [0.05, 0.1) is 6.42 Å². The summed E-state index contributed by atoms with van der Waals surface area (Å²) < 4.78 is 78.0. The molecule has 0 saturated heterocycles. The fourth-order valence-corrected chi connectivity index (χ4v) is 2.53. The first-order valence-electron chi connectivity index (χ1n) is 7.81. The number of nitrogens with zero attached hydrogens (tertiary/aromatic N) is 1. The largest absolute Gasteiger partial charge is 0.573 e. The molecular formula is C18H17F6NO. The molecule has 142 valence electrons. The Hall–Kier alpha value is -2.38. The number of ether oxygens (including phenoxy) is 1. The van der Waals surface area contributed by atoms with Crippen LogP contribution >= 0.6 is 0 Å². The van der Waals surface area contributed by atoms with Crippen molar-refractivity contribution in [3.8, 4) is 5.75 Å². The fraction of sp³-hybridized carbons (Fsp3) is 0.333. The van der Waals surface area contributed by atoms with Crippen LogP contribution in [0.4, 0.5) is 32.0 Å². The van der Waals surface area contributed by atoms with Gasteiger partial charge in [-0.2, -0.15) is 13.2 Å². The van der Waals surface area contributed by atoms with Gasteiger partial charge in [0, 0.05) is 18.8 Å². The summed E-state index contributed by atoms with van der Waals surface area (Å²) in [7, 11) is 0.